The number of likely N-dealkylation sites (N-methyl/N-ethyl adjacent to an activating group) is 1. The largest absolute Gasteiger partial charge is 0.378 e. The minimum absolute atomic E-state index is 0.0633. The number of hydrogen-bond donors (Lipinski definition) is 0. The smallest absolute Gasteiger partial charge is 0.229 e. The van der Waals surface area contributed by atoms with Crippen LogP contribution in [0.1, 0.15) is 5.56 Å². The minimum Gasteiger partial charge on any atom is -0.378 e. The number of amides is 1. The average Bonchev–Trinajstić information content (AvgIpc) is 2.96. The third-order valence-electron chi connectivity index (χ3n) is 4.88. The molecule has 4 rings (SSSR count). The highest BCUT2D eigenvalue weighted by Gasteiger charge is 2.37. The molecule has 6 heteroatoms. The lowest BCUT2D eigenvalue weighted by Gasteiger charge is -2.28. The van der Waals surface area contributed by atoms with Crippen LogP contribution in [0.4, 0.5) is 0 Å². The Labute approximate surface area is 141 Å². The predicted molar refractivity (Wildman–Crippen MR) is 89.7 cm³/mol. The maximum Gasteiger partial charge on any atom is 0.229 e. The van der Waals surface area contributed by atoms with E-state index in [1.165, 1.54) is 0 Å². The summed E-state index contributed by atoms with van der Waals surface area (Å²) in [7, 11) is 1.89. The number of hydrogen-bond acceptors (Lipinski definition) is 4. The van der Waals surface area contributed by atoms with Gasteiger partial charge in [0.05, 0.1) is 37.1 Å². The number of carbonyl (C=O) groups excluding carboxylic acids is 1. The van der Waals surface area contributed by atoms with Gasteiger partial charge in [-0.15, -0.1) is 0 Å². The molecule has 0 N–H and O–H groups in total. The highest BCUT2D eigenvalue weighted by atomic mass is 16.5. The number of rotatable bonds is 3. The second-order valence-corrected chi connectivity index (χ2v) is 6.66. The van der Waals surface area contributed by atoms with E-state index in [0.717, 1.165) is 30.9 Å². The van der Waals surface area contributed by atoms with Crippen LogP contribution in [0.15, 0.2) is 42.7 Å². The fourth-order valence-corrected chi connectivity index (χ4v) is 3.54. The maximum atomic E-state index is 12.4. The van der Waals surface area contributed by atoms with E-state index < -0.39 is 0 Å². The van der Waals surface area contributed by atoms with Gasteiger partial charge in [-0.1, -0.05) is 18.2 Å². The van der Waals surface area contributed by atoms with Crippen molar-refractivity contribution in [2.75, 3.05) is 33.4 Å². The van der Waals surface area contributed by atoms with Crippen molar-refractivity contribution in [3.8, 4) is 5.69 Å². The third kappa shape index (κ3) is 2.95. The zero-order valence-corrected chi connectivity index (χ0v) is 13.8. The lowest BCUT2D eigenvalue weighted by atomic mass is 10.1. The molecule has 24 heavy (non-hydrogen) atoms. The van der Waals surface area contributed by atoms with Crippen molar-refractivity contribution >= 4 is 5.91 Å². The summed E-state index contributed by atoms with van der Waals surface area (Å²) < 4.78 is 7.55. The molecule has 1 aromatic heterocycles. The first-order valence-electron chi connectivity index (χ1n) is 8.36. The molecular weight excluding hydrogens is 304 g/mol. The van der Waals surface area contributed by atoms with E-state index in [0.29, 0.717) is 13.2 Å². The molecule has 3 heterocycles. The number of fused-ring (bicyclic) bond motifs is 3. The molecule has 2 saturated heterocycles. The van der Waals surface area contributed by atoms with Gasteiger partial charge in [-0.3, -0.25) is 9.69 Å². The average molecular weight is 326 g/mol. The highest BCUT2D eigenvalue weighted by molar-refractivity contribution is 5.79. The van der Waals surface area contributed by atoms with Gasteiger partial charge < -0.3 is 9.64 Å². The summed E-state index contributed by atoms with van der Waals surface area (Å²) in [6.07, 6.45) is 3.98. The molecule has 0 spiro atoms. The SMILES string of the molecule is CN1C(=O)[C@H]2COC[C@@H]1CN(Cc1cnn(-c3ccccc3)c1)C2. The molecule has 2 aliphatic heterocycles. The first-order chi connectivity index (χ1) is 11.7. The van der Waals surface area contributed by atoms with Crippen molar-refractivity contribution in [2.45, 2.75) is 12.6 Å². The van der Waals surface area contributed by atoms with E-state index >= 15 is 0 Å². The van der Waals surface area contributed by atoms with E-state index in [2.05, 4.69) is 16.2 Å². The summed E-state index contributed by atoms with van der Waals surface area (Å²) in [4.78, 5) is 16.6. The lowest BCUT2D eigenvalue weighted by Crippen LogP contribution is -2.42. The molecular formula is C18H22N4O2. The van der Waals surface area contributed by atoms with Crippen molar-refractivity contribution in [1.82, 2.24) is 19.6 Å². The van der Waals surface area contributed by atoms with E-state index in [1.54, 1.807) is 0 Å². The highest BCUT2D eigenvalue weighted by Crippen LogP contribution is 2.21. The second-order valence-electron chi connectivity index (χ2n) is 6.66. The van der Waals surface area contributed by atoms with Gasteiger partial charge in [0.15, 0.2) is 0 Å². The Balaban J connectivity index is 1.50. The minimum atomic E-state index is -0.0633. The van der Waals surface area contributed by atoms with Crippen molar-refractivity contribution < 1.29 is 9.53 Å². The number of ether oxygens (including phenoxy) is 1. The molecule has 2 aliphatic rings. The standard InChI is InChI=1S/C18H22N4O2/c1-20-17-11-21(10-15(18(20)23)12-24-13-17)8-14-7-19-22(9-14)16-5-3-2-4-6-16/h2-7,9,15,17H,8,10-13H2,1H3/t15-,17+/m1/s1. The first kappa shape index (κ1) is 15.4. The zero-order valence-electron chi connectivity index (χ0n) is 13.8. The molecule has 0 saturated carbocycles. The normalized spacial score (nSPS) is 24.9. The van der Waals surface area contributed by atoms with Crippen LogP contribution in [0.5, 0.6) is 0 Å². The van der Waals surface area contributed by atoms with Crippen LogP contribution in [0.3, 0.4) is 0 Å². The fourth-order valence-electron chi connectivity index (χ4n) is 3.54. The monoisotopic (exact) mass is 326 g/mol. The maximum absolute atomic E-state index is 12.4. The zero-order chi connectivity index (χ0) is 16.5. The Kier molecular flexibility index (Phi) is 4.08. The van der Waals surface area contributed by atoms with Crippen LogP contribution in [-0.2, 0) is 16.1 Å². The van der Waals surface area contributed by atoms with E-state index in [4.69, 9.17) is 4.74 Å². The Morgan fingerprint density at radius 2 is 2.04 bits per heavy atom. The summed E-state index contributed by atoms with van der Waals surface area (Å²) in [5.41, 5.74) is 2.22. The van der Waals surface area contributed by atoms with Crippen LogP contribution in [-0.4, -0.2) is 64.9 Å². The summed E-state index contributed by atoms with van der Waals surface area (Å²) in [6, 6.07) is 10.2. The summed E-state index contributed by atoms with van der Waals surface area (Å²) in [5, 5.41) is 4.47. The Hall–Kier alpha value is -2.18. The molecule has 6 nitrogen and oxygen atoms in total. The Bertz CT molecular complexity index is 715. The van der Waals surface area contributed by atoms with Crippen LogP contribution < -0.4 is 0 Å². The number of aromatic nitrogens is 2. The topological polar surface area (TPSA) is 50.6 Å². The predicted octanol–water partition coefficient (Wildman–Crippen LogP) is 1.16. The molecule has 2 atom stereocenters. The molecule has 0 radical (unpaired) electrons. The van der Waals surface area contributed by atoms with Gasteiger partial charge in [-0.05, 0) is 12.1 Å². The molecule has 1 aromatic carbocycles. The van der Waals surface area contributed by atoms with Gasteiger partial charge in [0, 0.05) is 38.4 Å². The van der Waals surface area contributed by atoms with Crippen LogP contribution in [0.2, 0.25) is 0 Å². The van der Waals surface area contributed by atoms with E-state index in [-0.39, 0.29) is 17.9 Å². The molecule has 2 bridgehead atoms. The van der Waals surface area contributed by atoms with Crippen molar-refractivity contribution in [3.63, 3.8) is 0 Å². The van der Waals surface area contributed by atoms with Gasteiger partial charge in [0.25, 0.3) is 0 Å². The third-order valence-corrected chi connectivity index (χ3v) is 4.88. The van der Waals surface area contributed by atoms with Gasteiger partial charge in [0.2, 0.25) is 5.91 Å². The van der Waals surface area contributed by atoms with E-state index in [9.17, 15) is 4.79 Å². The Morgan fingerprint density at radius 3 is 2.88 bits per heavy atom. The summed E-state index contributed by atoms with van der Waals surface area (Å²) in [6.45, 7) is 3.55. The number of benzene rings is 1. The van der Waals surface area contributed by atoms with Crippen molar-refractivity contribution in [2.24, 2.45) is 5.92 Å². The number of para-hydroxylation sites is 1. The van der Waals surface area contributed by atoms with Gasteiger partial charge in [-0.25, -0.2) is 4.68 Å². The van der Waals surface area contributed by atoms with Gasteiger partial charge >= 0.3 is 0 Å². The molecule has 0 aliphatic carbocycles. The molecule has 2 fully saturated rings. The quantitative estimate of drug-likeness (QED) is 0.849. The van der Waals surface area contributed by atoms with Gasteiger partial charge in [0.1, 0.15) is 0 Å². The molecule has 2 aromatic rings. The number of nitrogens with zero attached hydrogens (tertiary/aromatic N) is 4. The number of carbonyl (C=O) groups is 1. The Morgan fingerprint density at radius 1 is 1.21 bits per heavy atom. The fraction of sp³-hybridized carbons (Fsp3) is 0.444. The van der Waals surface area contributed by atoms with Gasteiger partial charge in [-0.2, -0.15) is 5.10 Å². The lowest BCUT2D eigenvalue weighted by molar-refractivity contribution is -0.133. The molecule has 0 unspecified atom stereocenters. The molecule has 1 amide bonds. The van der Waals surface area contributed by atoms with Crippen LogP contribution >= 0.6 is 0 Å². The summed E-state index contributed by atoms with van der Waals surface area (Å²) >= 11 is 0. The van der Waals surface area contributed by atoms with E-state index in [1.807, 2.05) is 53.2 Å². The van der Waals surface area contributed by atoms with Crippen molar-refractivity contribution in [1.29, 1.82) is 0 Å². The summed E-state index contributed by atoms with van der Waals surface area (Å²) in [5.74, 6) is 0.145. The van der Waals surface area contributed by atoms with Crippen LogP contribution in [0, 0.1) is 5.92 Å². The van der Waals surface area contributed by atoms with Crippen LogP contribution in [0.25, 0.3) is 5.69 Å². The molecule has 126 valence electrons. The van der Waals surface area contributed by atoms with Crippen molar-refractivity contribution in [3.05, 3.63) is 48.3 Å². The first-order valence-corrected chi connectivity index (χ1v) is 8.36. The second kappa shape index (κ2) is 6.37.